The van der Waals surface area contributed by atoms with Crippen LogP contribution < -0.4 is 10.2 Å². The number of benzene rings is 1. The van der Waals surface area contributed by atoms with E-state index in [0.29, 0.717) is 18.9 Å². The number of ketones is 1. The first-order chi connectivity index (χ1) is 17.6. The summed E-state index contributed by atoms with van der Waals surface area (Å²) in [5.41, 5.74) is 4.47. The van der Waals surface area contributed by atoms with Gasteiger partial charge in [0.25, 0.3) is 0 Å². The number of aromatic nitrogens is 4. The molecule has 1 aromatic carbocycles. The molecule has 2 saturated heterocycles. The number of piperidine rings is 1. The number of likely N-dealkylation sites (tertiary alicyclic amines) is 1. The maximum absolute atomic E-state index is 12.1. The second-order valence-electron chi connectivity index (χ2n) is 10.4. The summed E-state index contributed by atoms with van der Waals surface area (Å²) < 4.78 is 2.42. The van der Waals surface area contributed by atoms with Crippen LogP contribution in [-0.4, -0.2) is 69.5 Å². The van der Waals surface area contributed by atoms with E-state index in [1.807, 2.05) is 0 Å². The van der Waals surface area contributed by atoms with Crippen molar-refractivity contribution in [3.63, 3.8) is 0 Å². The number of nitrogens with one attached hydrogen (secondary N) is 1. The third kappa shape index (κ3) is 4.74. The molecule has 0 radical (unpaired) electrons. The number of hydrogen-bond acceptors (Lipinski definition) is 7. The molecule has 3 aromatic rings. The van der Waals surface area contributed by atoms with Gasteiger partial charge >= 0.3 is 0 Å². The molecular weight excluding hydrogens is 450 g/mol. The van der Waals surface area contributed by atoms with Crippen molar-refractivity contribution < 1.29 is 4.79 Å². The zero-order valence-electron chi connectivity index (χ0n) is 21.1. The van der Waals surface area contributed by atoms with Crippen LogP contribution in [0.25, 0.3) is 11.3 Å². The molecule has 0 saturated carbocycles. The lowest BCUT2D eigenvalue weighted by molar-refractivity contribution is -0.117. The lowest BCUT2D eigenvalue weighted by atomic mass is 9.95. The van der Waals surface area contributed by atoms with Crippen molar-refractivity contribution in [2.45, 2.75) is 51.5 Å². The highest BCUT2D eigenvalue weighted by Gasteiger charge is 2.29. The van der Waals surface area contributed by atoms with Crippen LogP contribution in [0.5, 0.6) is 0 Å². The number of anilines is 2. The predicted octanol–water partition coefficient (Wildman–Crippen LogP) is 3.67. The molecule has 188 valence electrons. The number of nitrogens with zero attached hydrogens (tertiary/aromatic N) is 6. The fourth-order valence-electron chi connectivity index (χ4n) is 5.84. The highest BCUT2D eigenvalue weighted by atomic mass is 16.1. The minimum absolute atomic E-state index is 0.192. The maximum atomic E-state index is 12.1. The van der Waals surface area contributed by atoms with Gasteiger partial charge in [0, 0.05) is 55.8 Å². The van der Waals surface area contributed by atoms with E-state index >= 15 is 0 Å². The summed E-state index contributed by atoms with van der Waals surface area (Å²) in [5, 5.41) is 3.15. The Morgan fingerprint density at radius 3 is 2.56 bits per heavy atom. The van der Waals surface area contributed by atoms with Crippen LogP contribution in [0, 0.1) is 6.92 Å². The minimum atomic E-state index is 0.192. The first kappa shape index (κ1) is 23.2. The molecule has 0 unspecified atom stereocenters. The van der Waals surface area contributed by atoms with E-state index in [1.165, 1.54) is 42.9 Å². The van der Waals surface area contributed by atoms with Gasteiger partial charge in [0.2, 0.25) is 0 Å². The lowest BCUT2D eigenvalue weighted by Crippen LogP contribution is -2.36. The van der Waals surface area contributed by atoms with Crippen LogP contribution in [0.15, 0.2) is 36.8 Å². The van der Waals surface area contributed by atoms with Crippen molar-refractivity contribution in [2.24, 2.45) is 0 Å². The number of carbonyl (C=O) groups excluding carboxylic acids is 1. The Balaban J connectivity index is 1.21. The minimum Gasteiger partial charge on any atom is -0.363 e. The molecule has 0 aliphatic carbocycles. The molecule has 3 aliphatic heterocycles. The molecule has 6 rings (SSSR count). The van der Waals surface area contributed by atoms with Gasteiger partial charge in [0.05, 0.1) is 12.2 Å². The number of fused-ring (bicyclic) bond motifs is 1. The number of imidazole rings is 1. The molecule has 36 heavy (non-hydrogen) atoms. The van der Waals surface area contributed by atoms with Gasteiger partial charge in [0.15, 0.2) is 5.78 Å². The van der Waals surface area contributed by atoms with Crippen molar-refractivity contribution in [1.82, 2.24) is 24.4 Å². The predicted molar refractivity (Wildman–Crippen MR) is 141 cm³/mol. The van der Waals surface area contributed by atoms with Crippen LogP contribution in [0.3, 0.4) is 0 Å². The maximum Gasteiger partial charge on any atom is 0.156 e. The molecule has 8 nitrogen and oxygen atoms in total. The van der Waals surface area contributed by atoms with Crippen LogP contribution >= 0.6 is 0 Å². The first-order valence-corrected chi connectivity index (χ1v) is 13.3. The van der Waals surface area contributed by atoms with Gasteiger partial charge in [0.1, 0.15) is 23.8 Å². The SMILES string of the molecule is Cc1ccc(-c2cn(CCN3CCCC3)c(C3CCN(c4ncnc5c4CC(=O)CN5)CC3)n2)cc1. The molecule has 0 atom stereocenters. The zero-order valence-corrected chi connectivity index (χ0v) is 21.1. The molecule has 0 spiro atoms. The largest absolute Gasteiger partial charge is 0.363 e. The van der Waals surface area contributed by atoms with Gasteiger partial charge in [-0.2, -0.15) is 0 Å². The van der Waals surface area contributed by atoms with Crippen molar-refractivity contribution >= 4 is 17.4 Å². The Morgan fingerprint density at radius 2 is 1.78 bits per heavy atom. The van der Waals surface area contributed by atoms with E-state index in [4.69, 9.17) is 4.98 Å². The number of aryl methyl sites for hydroxylation is 1. The monoisotopic (exact) mass is 485 g/mol. The molecule has 2 aromatic heterocycles. The van der Waals surface area contributed by atoms with E-state index in [2.05, 4.69) is 67.0 Å². The van der Waals surface area contributed by atoms with Crippen LogP contribution in [0.4, 0.5) is 11.6 Å². The average Bonchev–Trinajstić information content (AvgIpc) is 3.58. The third-order valence-electron chi connectivity index (χ3n) is 7.92. The lowest BCUT2D eigenvalue weighted by Gasteiger charge is -2.34. The van der Waals surface area contributed by atoms with Crippen LogP contribution in [-0.2, 0) is 17.8 Å². The standard InChI is InChI=1S/C28H35N7O/c1-20-4-6-21(7-5-20)25-18-35(15-14-33-10-2-3-11-33)27(32-25)22-8-12-34(13-9-22)28-24-16-23(36)17-29-26(24)30-19-31-28/h4-7,18-19,22H,2-3,8-17H2,1H3,(H,29,30,31). The normalized spacial score (nSPS) is 18.9. The number of Topliss-reactive ketones (excluding diaryl/α,β-unsaturated/α-hetero) is 1. The van der Waals surface area contributed by atoms with Gasteiger partial charge in [-0.3, -0.25) is 4.79 Å². The highest BCUT2D eigenvalue weighted by Crippen LogP contribution is 2.34. The topological polar surface area (TPSA) is 79.2 Å². The second-order valence-corrected chi connectivity index (χ2v) is 10.4. The molecular formula is C28H35N7O. The smallest absolute Gasteiger partial charge is 0.156 e. The van der Waals surface area contributed by atoms with E-state index in [-0.39, 0.29) is 5.78 Å². The van der Waals surface area contributed by atoms with E-state index in [9.17, 15) is 4.79 Å². The van der Waals surface area contributed by atoms with E-state index < -0.39 is 0 Å². The Hall–Kier alpha value is -3.26. The Kier molecular flexibility index (Phi) is 6.44. The van der Waals surface area contributed by atoms with E-state index in [0.717, 1.165) is 61.9 Å². The van der Waals surface area contributed by atoms with Gasteiger partial charge in [-0.1, -0.05) is 29.8 Å². The number of hydrogen-bond donors (Lipinski definition) is 1. The summed E-state index contributed by atoms with van der Waals surface area (Å²) in [6, 6.07) is 8.70. The molecule has 2 fully saturated rings. The molecule has 3 aliphatic rings. The van der Waals surface area contributed by atoms with E-state index in [1.54, 1.807) is 6.33 Å². The van der Waals surface area contributed by atoms with Crippen LogP contribution in [0.2, 0.25) is 0 Å². The number of rotatable bonds is 6. The number of carbonyl (C=O) groups is 1. The summed E-state index contributed by atoms with van der Waals surface area (Å²) in [7, 11) is 0. The van der Waals surface area contributed by atoms with Crippen molar-refractivity contribution in [3.05, 3.63) is 53.7 Å². The van der Waals surface area contributed by atoms with Gasteiger partial charge in [-0.25, -0.2) is 15.0 Å². The summed E-state index contributed by atoms with van der Waals surface area (Å²) in [6.07, 6.45) is 8.97. The summed E-state index contributed by atoms with van der Waals surface area (Å²) in [4.78, 5) is 31.1. The summed E-state index contributed by atoms with van der Waals surface area (Å²) >= 11 is 0. The molecule has 0 amide bonds. The molecule has 1 N–H and O–H groups in total. The van der Waals surface area contributed by atoms with Gasteiger partial charge in [-0.05, 0) is 45.7 Å². The third-order valence-corrected chi connectivity index (χ3v) is 7.92. The van der Waals surface area contributed by atoms with Gasteiger partial charge in [-0.15, -0.1) is 0 Å². The van der Waals surface area contributed by atoms with Crippen LogP contribution in [0.1, 0.15) is 48.6 Å². The Labute approximate surface area is 212 Å². The van der Waals surface area contributed by atoms with Gasteiger partial charge < -0.3 is 19.7 Å². The Bertz CT molecular complexity index is 1220. The summed E-state index contributed by atoms with van der Waals surface area (Å²) in [5.74, 6) is 3.54. The zero-order chi connectivity index (χ0) is 24.5. The molecule has 5 heterocycles. The first-order valence-electron chi connectivity index (χ1n) is 13.3. The second kappa shape index (κ2) is 10.0. The molecule has 0 bridgehead atoms. The van der Waals surface area contributed by atoms with Crippen molar-refractivity contribution in [3.8, 4) is 11.3 Å². The molecule has 8 heteroatoms. The fraction of sp³-hybridized carbons (Fsp3) is 0.500. The van der Waals surface area contributed by atoms with Crippen molar-refractivity contribution in [2.75, 3.05) is 49.5 Å². The van der Waals surface area contributed by atoms with Crippen molar-refractivity contribution in [1.29, 1.82) is 0 Å². The quantitative estimate of drug-likeness (QED) is 0.571. The average molecular weight is 486 g/mol. The Morgan fingerprint density at radius 1 is 1.00 bits per heavy atom. The summed E-state index contributed by atoms with van der Waals surface area (Å²) in [6.45, 7) is 8.79. The highest BCUT2D eigenvalue weighted by molar-refractivity contribution is 5.90. The fourth-order valence-corrected chi connectivity index (χ4v) is 5.84.